The van der Waals surface area contributed by atoms with Crippen molar-refractivity contribution >= 4 is 15.9 Å². The van der Waals surface area contributed by atoms with Crippen molar-refractivity contribution in [2.24, 2.45) is 0 Å². The number of H-pyrrole nitrogens is 1. The normalized spacial score (nSPS) is 10.7. The van der Waals surface area contributed by atoms with E-state index in [0.717, 1.165) is 6.07 Å². The molecule has 0 aliphatic carbocycles. The van der Waals surface area contributed by atoms with Crippen molar-refractivity contribution in [2.45, 2.75) is 6.43 Å². The lowest BCUT2D eigenvalue weighted by molar-refractivity contribution is 0.146. The maximum atomic E-state index is 12.0. The fraction of sp³-hybridized carbons (Fsp3) is 0.167. The first kappa shape index (κ1) is 9.18. The van der Waals surface area contributed by atoms with Gasteiger partial charge in [0, 0.05) is 0 Å². The minimum Gasteiger partial charge on any atom is -0.494 e. The molecule has 1 aromatic heterocycles. The SMILES string of the molecule is O=c1[nH]c(O)c(C(F)F)cc1Br. The summed E-state index contributed by atoms with van der Waals surface area (Å²) in [5.41, 5.74) is -1.24. The van der Waals surface area contributed by atoms with Crippen LogP contribution in [0.4, 0.5) is 8.78 Å². The fourth-order valence-electron chi connectivity index (χ4n) is 0.676. The van der Waals surface area contributed by atoms with Crippen molar-refractivity contribution in [1.29, 1.82) is 0 Å². The molecule has 6 heteroatoms. The van der Waals surface area contributed by atoms with Crippen LogP contribution in [0.25, 0.3) is 0 Å². The number of nitrogens with one attached hydrogen (secondary N) is 1. The molecule has 12 heavy (non-hydrogen) atoms. The largest absolute Gasteiger partial charge is 0.494 e. The van der Waals surface area contributed by atoms with Gasteiger partial charge in [0.15, 0.2) is 5.88 Å². The summed E-state index contributed by atoms with van der Waals surface area (Å²) in [6.45, 7) is 0. The van der Waals surface area contributed by atoms with E-state index in [-0.39, 0.29) is 4.47 Å². The van der Waals surface area contributed by atoms with Gasteiger partial charge in [0.2, 0.25) is 0 Å². The van der Waals surface area contributed by atoms with E-state index in [2.05, 4.69) is 15.9 Å². The Balaban J connectivity index is 3.33. The van der Waals surface area contributed by atoms with Crippen LogP contribution in [0.2, 0.25) is 0 Å². The lowest BCUT2D eigenvalue weighted by Crippen LogP contribution is -2.07. The average Bonchev–Trinajstić information content (AvgIpc) is 1.96. The number of aromatic hydroxyl groups is 1. The molecular formula is C6H4BrF2NO2. The van der Waals surface area contributed by atoms with Gasteiger partial charge in [-0.3, -0.25) is 9.78 Å². The first-order chi connectivity index (χ1) is 5.52. The molecule has 0 atom stereocenters. The monoisotopic (exact) mass is 239 g/mol. The quantitative estimate of drug-likeness (QED) is 0.785. The van der Waals surface area contributed by atoms with Crippen LogP contribution in [-0.2, 0) is 0 Å². The fourth-order valence-corrected chi connectivity index (χ4v) is 1.02. The van der Waals surface area contributed by atoms with Crippen molar-refractivity contribution in [3.05, 3.63) is 26.5 Å². The molecule has 1 heterocycles. The number of hydrogen-bond acceptors (Lipinski definition) is 2. The number of aromatic amines is 1. The Hall–Kier alpha value is -0.910. The third-order valence-electron chi connectivity index (χ3n) is 1.24. The second-order valence-electron chi connectivity index (χ2n) is 2.05. The van der Waals surface area contributed by atoms with E-state index < -0.39 is 23.4 Å². The highest BCUT2D eigenvalue weighted by Crippen LogP contribution is 2.26. The zero-order valence-corrected chi connectivity index (χ0v) is 7.23. The van der Waals surface area contributed by atoms with Crippen molar-refractivity contribution < 1.29 is 13.9 Å². The average molecular weight is 240 g/mol. The molecule has 66 valence electrons. The molecule has 2 N–H and O–H groups in total. The van der Waals surface area contributed by atoms with Gasteiger partial charge in [-0.15, -0.1) is 0 Å². The second-order valence-corrected chi connectivity index (χ2v) is 2.91. The summed E-state index contributed by atoms with van der Waals surface area (Å²) in [5.74, 6) is -0.793. The van der Waals surface area contributed by atoms with E-state index in [0.29, 0.717) is 0 Å². The standard InChI is InChI=1S/C6H4BrF2NO2/c7-3-1-2(4(8)9)5(11)10-6(3)12/h1,4H,(H2,10,11,12). The topological polar surface area (TPSA) is 53.1 Å². The third kappa shape index (κ3) is 1.63. The lowest BCUT2D eigenvalue weighted by atomic mass is 10.3. The summed E-state index contributed by atoms with van der Waals surface area (Å²) in [6.07, 6.45) is -2.81. The second kappa shape index (κ2) is 3.22. The Morgan fingerprint density at radius 2 is 2.17 bits per heavy atom. The molecule has 1 aromatic rings. The highest BCUT2D eigenvalue weighted by Gasteiger charge is 2.14. The molecule has 3 nitrogen and oxygen atoms in total. The molecule has 0 bridgehead atoms. The van der Waals surface area contributed by atoms with Crippen molar-refractivity contribution in [3.8, 4) is 5.88 Å². The summed E-state index contributed by atoms with van der Waals surface area (Å²) in [5, 5.41) is 8.83. The third-order valence-corrected chi connectivity index (χ3v) is 1.83. The highest BCUT2D eigenvalue weighted by molar-refractivity contribution is 9.10. The molecule has 0 saturated carbocycles. The van der Waals surface area contributed by atoms with Crippen LogP contribution in [0.3, 0.4) is 0 Å². The molecule has 0 aliphatic rings. The minimum absolute atomic E-state index is 0.0319. The van der Waals surface area contributed by atoms with Gasteiger partial charge in [0.25, 0.3) is 12.0 Å². The zero-order chi connectivity index (χ0) is 9.30. The summed E-state index contributed by atoms with van der Waals surface area (Å²) >= 11 is 2.76. The number of pyridine rings is 1. The van der Waals surface area contributed by atoms with E-state index in [4.69, 9.17) is 5.11 Å². The van der Waals surface area contributed by atoms with Gasteiger partial charge in [0.05, 0.1) is 10.0 Å². The van der Waals surface area contributed by atoms with Crippen LogP contribution in [0, 0.1) is 0 Å². The molecule has 0 saturated heterocycles. The van der Waals surface area contributed by atoms with Gasteiger partial charge >= 0.3 is 0 Å². The smallest absolute Gasteiger partial charge is 0.269 e. The van der Waals surface area contributed by atoms with Crippen LogP contribution in [0.1, 0.15) is 12.0 Å². The maximum Gasteiger partial charge on any atom is 0.269 e. The first-order valence-corrected chi connectivity index (χ1v) is 3.71. The zero-order valence-electron chi connectivity index (χ0n) is 5.64. The van der Waals surface area contributed by atoms with E-state index in [1.54, 1.807) is 0 Å². The van der Waals surface area contributed by atoms with Gasteiger partial charge in [-0.25, -0.2) is 8.78 Å². The van der Waals surface area contributed by atoms with E-state index in [9.17, 15) is 13.6 Å². The Bertz CT molecular complexity index is 350. The Morgan fingerprint density at radius 3 is 2.67 bits per heavy atom. The summed E-state index contributed by atoms with van der Waals surface area (Å²) in [4.78, 5) is 12.6. The van der Waals surface area contributed by atoms with Crippen LogP contribution in [-0.4, -0.2) is 10.1 Å². The van der Waals surface area contributed by atoms with Crippen molar-refractivity contribution in [3.63, 3.8) is 0 Å². The Morgan fingerprint density at radius 1 is 1.58 bits per heavy atom. The predicted molar refractivity (Wildman–Crippen MR) is 41.4 cm³/mol. The minimum atomic E-state index is -2.81. The number of rotatable bonds is 1. The molecule has 0 unspecified atom stereocenters. The molecule has 0 aliphatic heterocycles. The number of aromatic nitrogens is 1. The molecule has 1 rings (SSSR count). The molecular weight excluding hydrogens is 236 g/mol. The van der Waals surface area contributed by atoms with E-state index in [1.807, 2.05) is 4.98 Å². The van der Waals surface area contributed by atoms with Crippen LogP contribution in [0.5, 0.6) is 5.88 Å². The first-order valence-electron chi connectivity index (χ1n) is 2.92. The summed E-state index contributed by atoms with van der Waals surface area (Å²) in [6, 6.07) is 0.888. The van der Waals surface area contributed by atoms with Crippen LogP contribution >= 0.6 is 15.9 Å². The van der Waals surface area contributed by atoms with Crippen LogP contribution in [0.15, 0.2) is 15.3 Å². The van der Waals surface area contributed by atoms with Gasteiger partial charge in [0.1, 0.15) is 0 Å². The van der Waals surface area contributed by atoms with Crippen molar-refractivity contribution in [1.82, 2.24) is 4.98 Å². The van der Waals surface area contributed by atoms with Crippen molar-refractivity contribution in [2.75, 3.05) is 0 Å². The Kier molecular flexibility index (Phi) is 2.46. The van der Waals surface area contributed by atoms with Gasteiger partial charge < -0.3 is 5.11 Å². The molecule has 0 spiro atoms. The van der Waals surface area contributed by atoms with E-state index >= 15 is 0 Å². The summed E-state index contributed by atoms with van der Waals surface area (Å²) in [7, 11) is 0. The Labute approximate surface area is 74.2 Å². The molecule has 0 fully saturated rings. The van der Waals surface area contributed by atoms with Gasteiger partial charge in [-0.05, 0) is 22.0 Å². The van der Waals surface area contributed by atoms with E-state index in [1.165, 1.54) is 0 Å². The molecule has 0 amide bonds. The number of halogens is 3. The van der Waals surface area contributed by atoms with Gasteiger partial charge in [-0.1, -0.05) is 0 Å². The predicted octanol–water partition coefficient (Wildman–Crippen LogP) is 1.78. The van der Waals surface area contributed by atoms with Gasteiger partial charge in [-0.2, -0.15) is 0 Å². The highest BCUT2D eigenvalue weighted by atomic mass is 79.9. The maximum absolute atomic E-state index is 12.0. The summed E-state index contributed by atoms with van der Waals surface area (Å²) < 4.78 is 24.0. The number of alkyl halides is 2. The molecule has 0 aromatic carbocycles. The number of hydrogen-bond donors (Lipinski definition) is 2. The lowest BCUT2D eigenvalue weighted by Gasteiger charge is -2.01. The molecule has 0 radical (unpaired) electrons. The van der Waals surface area contributed by atoms with Crippen LogP contribution < -0.4 is 5.56 Å².